The molecule has 0 spiro atoms. The van der Waals surface area contributed by atoms with E-state index in [0.29, 0.717) is 13.0 Å². The van der Waals surface area contributed by atoms with Crippen molar-refractivity contribution in [2.24, 2.45) is 17.6 Å². The van der Waals surface area contributed by atoms with Gasteiger partial charge in [-0.05, 0) is 42.2 Å². The van der Waals surface area contributed by atoms with Gasteiger partial charge >= 0.3 is 0 Å². The molecule has 4 atom stereocenters. The fourth-order valence-electron chi connectivity index (χ4n) is 4.38. The maximum Gasteiger partial charge on any atom is 0.272 e. The van der Waals surface area contributed by atoms with E-state index in [9.17, 15) is 27.9 Å². The number of hydrogen-bond donors (Lipinski definition) is 5. The summed E-state index contributed by atoms with van der Waals surface area (Å²) in [6.07, 6.45) is 4.44. The number of nitrogens with one attached hydrogen (secondary N) is 3. The van der Waals surface area contributed by atoms with Crippen molar-refractivity contribution in [3.8, 4) is 0 Å². The average molecular weight is 605 g/mol. The molecule has 232 valence electrons. The number of nitrogens with two attached hydrogens (primary N) is 1. The number of carbonyl (C=O) groups excluding carboxylic acids is 3. The summed E-state index contributed by atoms with van der Waals surface area (Å²) in [6, 6.07) is 4.34. The molecule has 1 heterocycles. The van der Waals surface area contributed by atoms with Crippen molar-refractivity contribution in [2.75, 3.05) is 12.0 Å². The van der Waals surface area contributed by atoms with Gasteiger partial charge in [0, 0.05) is 25.2 Å². The van der Waals surface area contributed by atoms with E-state index in [2.05, 4.69) is 25.9 Å². The fourth-order valence-corrected chi connectivity index (χ4v) is 5.24. The Morgan fingerprint density at radius 1 is 0.881 bits per heavy atom. The van der Waals surface area contributed by atoms with Gasteiger partial charge in [-0.2, -0.15) is 0 Å². The molecule has 2 rings (SSSR count). The van der Waals surface area contributed by atoms with Gasteiger partial charge in [0.1, 0.15) is 27.6 Å². The van der Waals surface area contributed by atoms with Gasteiger partial charge in [-0.15, -0.1) is 0 Å². The SMILES string of the molecule is CC(C)C[C@H](NC(=O)c1cnccn1)C(=O)N[C@@H](CC(C)C)C(=O)N[C@@H](Cc1ccc(CN)cc1)[C@@H](O)CS(C)(=O)=O. The van der Waals surface area contributed by atoms with Crippen molar-refractivity contribution in [1.82, 2.24) is 25.9 Å². The molecule has 0 saturated heterocycles. The van der Waals surface area contributed by atoms with E-state index in [0.717, 1.165) is 17.4 Å². The molecule has 0 aliphatic heterocycles. The second-order valence-corrected chi connectivity index (χ2v) is 13.6. The summed E-state index contributed by atoms with van der Waals surface area (Å²) in [4.78, 5) is 47.6. The van der Waals surface area contributed by atoms with Crippen molar-refractivity contribution in [1.29, 1.82) is 0 Å². The molecule has 0 unspecified atom stereocenters. The Morgan fingerprint density at radius 2 is 1.43 bits per heavy atom. The van der Waals surface area contributed by atoms with Crippen LogP contribution in [0.1, 0.15) is 62.2 Å². The van der Waals surface area contributed by atoms with Gasteiger partial charge in [0.15, 0.2) is 0 Å². The average Bonchev–Trinajstić information content (AvgIpc) is 2.91. The lowest BCUT2D eigenvalue weighted by atomic mass is 9.98. The lowest BCUT2D eigenvalue weighted by Crippen LogP contribution is -2.57. The Bertz CT molecular complexity index is 1270. The number of aromatic nitrogens is 2. The number of rotatable bonds is 16. The number of aliphatic hydroxyl groups is 1. The van der Waals surface area contributed by atoms with Crippen LogP contribution < -0.4 is 21.7 Å². The van der Waals surface area contributed by atoms with Crippen LogP contribution in [0, 0.1) is 11.8 Å². The first-order valence-corrected chi connectivity index (χ1v) is 16.1. The van der Waals surface area contributed by atoms with E-state index in [1.165, 1.54) is 18.6 Å². The Balaban J connectivity index is 2.26. The predicted octanol–water partition coefficient (Wildman–Crippen LogP) is 0.744. The second-order valence-electron chi connectivity index (χ2n) is 11.4. The molecule has 0 radical (unpaired) electrons. The highest BCUT2D eigenvalue weighted by Gasteiger charge is 2.32. The zero-order valence-electron chi connectivity index (χ0n) is 24.9. The number of hydrogen-bond acceptors (Lipinski definition) is 9. The van der Waals surface area contributed by atoms with Crippen LogP contribution in [0.4, 0.5) is 0 Å². The molecule has 3 amide bonds. The molecule has 13 heteroatoms. The lowest BCUT2D eigenvalue weighted by molar-refractivity contribution is -0.131. The number of carbonyl (C=O) groups is 3. The maximum atomic E-state index is 13.6. The van der Waals surface area contributed by atoms with Crippen molar-refractivity contribution in [3.63, 3.8) is 0 Å². The number of nitrogens with zero attached hydrogens (tertiary/aromatic N) is 2. The summed E-state index contributed by atoms with van der Waals surface area (Å²) in [5.41, 5.74) is 7.39. The maximum absolute atomic E-state index is 13.6. The fraction of sp³-hybridized carbons (Fsp3) is 0.552. The van der Waals surface area contributed by atoms with E-state index in [-0.39, 0.29) is 30.4 Å². The normalized spacial score (nSPS) is 14.6. The van der Waals surface area contributed by atoms with Crippen molar-refractivity contribution in [3.05, 3.63) is 59.7 Å². The Labute approximate surface area is 248 Å². The van der Waals surface area contributed by atoms with Crippen LogP contribution in [0.5, 0.6) is 0 Å². The van der Waals surface area contributed by atoms with Crippen LogP contribution in [0.2, 0.25) is 0 Å². The van der Waals surface area contributed by atoms with Gasteiger partial charge in [0.2, 0.25) is 11.8 Å². The second kappa shape index (κ2) is 16.3. The van der Waals surface area contributed by atoms with E-state index < -0.39 is 57.5 Å². The Hall–Kier alpha value is -3.42. The Morgan fingerprint density at radius 3 is 1.93 bits per heavy atom. The number of sulfone groups is 1. The third-order valence-electron chi connectivity index (χ3n) is 6.44. The highest BCUT2D eigenvalue weighted by molar-refractivity contribution is 7.90. The smallest absolute Gasteiger partial charge is 0.272 e. The minimum absolute atomic E-state index is 0.00184. The first-order valence-electron chi connectivity index (χ1n) is 14.0. The molecule has 0 fully saturated rings. The summed E-state index contributed by atoms with van der Waals surface area (Å²) in [7, 11) is -3.56. The van der Waals surface area contributed by atoms with Gasteiger partial charge < -0.3 is 26.8 Å². The number of benzene rings is 1. The van der Waals surface area contributed by atoms with Crippen LogP contribution in [0.15, 0.2) is 42.9 Å². The molecule has 12 nitrogen and oxygen atoms in total. The first kappa shape index (κ1) is 34.8. The van der Waals surface area contributed by atoms with Crippen molar-refractivity contribution in [2.45, 2.75) is 77.7 Å². The molecule has 0 saturated carbocycles. The molecule has 1 aromatic heterocycles. The molecule has 42 heavy (non-hydrogen) atoms. The van der Waals surface area contributed by atoms with Crippen LogP contribution in [-0.4, -0.2) is 77.5 Å². The lowest BCUT2D eigenvalue weighted by Gasteiger charge is -2.29. The van der Waals surface area contributed by atoms with Gasteiger partial charge in [-0.1, -0.05) is 52.0 Å². The third kappa shape index (κ3) is 12.2. The molecule has 0 bridgehead atoms. The molecular formula is C29H44N6O6S. The summed E-state index contributed by atoms with van der Waals surface area (Å²) in [5.74, 6) is -2.20. The highest BCUT2D eigenvalue weighted by Crippen LogP contribution is 2.13. The monoisotopic (exact) mass is 604 g/mol. The van der Waals surface area contributed by atoms with Crippen LogP contribution >= 0.6 is 0 Å². The van der Waals surface area contributed by atoms with Crippen molar-refractivity contribution >= 4 is 27.6 Å². The number of amides is 3. The molecule has 6 N–H and O–H groups in total. The van der Waals surface area contributed by atoms with Gasteiger partial charge in [0.05, 0.1) is 24.1 Å². The minimum Gasteiger partial charge on any atom is -0.390 e. The van der Waals surface area contributed by atoms with E-state index >= 15 is 0 Å². The molecule has 1 aromatic carbocycles. The quantitative estimate of drug-likeness (QED) is 0.184. The largest absolute Gasteiger partial charge is 0.390 e. The minimum atomic E-state index is -3.56. The first-order chi connectivity index (χ1) is 19.7. The molecule has 0 aliphatic rings. The number of aliphatic hydroxyl groups excluding tert-OH is 1. The van der Waals surface area contributed by atoms with Crippen LogP contribution in [-0.2, 0) is 32.4 Å². The zero-order valence-corrected chi connectivity index (χ0v) is 25.7. The zero-order chi connectivity index (χ0) is 31.4. The predicted molar refractivity (Wildman–Crippen MR) is 160 cm³/mol. The molecule has 2 aromatic rings. The molecular weight excluding hydrogens is 560 g/mol. The van der Waals surface area contributed by atoms with Crippen molar-refractivity contribution < 1.29 is 27.9 Å². The van der Waals surface area contributed by atoms with Crippen LogP contribution in [0.3, 0.4) is 0 Å². The van der Waals surface area contributed by atoms with E-state index in [1.54, 1.807) is 12.1 Å². The van der Waals surface area contributed by atoms with E-state index in [1.807, 2.05) is 39.8 Å². The van der Waals surface area contributed by atoms with Crippen LogP contribution in [0.25, 0.3) is 0 Å². The van der Waals surface area contributed by atoms with Gasteiger partial charge in [-0.25, -0.2) is 13.4 Å². The topological polar surface area (TPSA) is 193 Å². The summed E-state index contributed by atoms with van der Waals surface area (Å²) >= 11 is 0. The van der Waals surface area contributed by atoms with Gasteiger partial charge in [-0.3, -0.25) is 19.4 Å². The van der Waals surface area contributed by atoms with Gasteiger partial charge in [0.25, 0.3) is 5.91 Å². The molecule has 0 aliphatic carbocycles. The summed E-state index contributed by atoms with van der Waals surface area (Å²) in [5, 5.41) is 19.1. The summed E-state index contributed by atoms with van der Waals surface area (Å²) < 4.78 is 23.9. The Kier molecular flexibility index (Phi) is 13.5. The highest BCUT2D eigenvalue weighted by atomic mass is 32.2. The standard InChI is InChI=1S/C29H44N6O6S/c1-18(2)12-23(34-28(38)24(13-19(3)4)35-29(39)25-16-31-10-11-32-25)27(37)33-22(26(36)17-42(5,40)41)14-20-6-8-21(15-30)9-7-20/h6-11,16,18-19,22-24,26,36H,12-15,17,30H2,1-5H3,(H,33,37)(H,34,38)(H,35,39)/t22-,23-,24-,26-/m0/s1. The summed E-state index contributed by atoms with van der Waals surface area (Å²) in [6.45, 7) is 7.94. The van der Waals surface area contributed by atoms with E-state index in [4.69, 9.17) is 5.73 Å². The third-order valence-corrected chi connectivity index (χ3v) is 7.39.